The van der Waals surface area contributed by atoms with Crippen molar-refractivity contribution in [3.8, 4) is 0 Å². The molecule has 30 heavy (non-hydrogen) atoms. The molecule has 3 aromatic carbocycles. The number of rotatable bonds is 8. The van der Waals surface area contributed by atoms with Gasteiger partial charge in [0.25, 0.3) is 5.91 Å². The monoisotopic (exact) mass is 482 g/mol. The molecular formula is C24H23BrN2O2S. The molecular weight excluding hydrogens is 460 g/mol. The summed E-state index contributed by atoms with van der Waals surface area (Å²) in [5.74, 6) is 0.711. The highest BCUT2D eigenvalue weighted by Gasteiger charge is 2.16. The normalized spacial score (nSPS) is 11.5. The van der Waals surface area contributed by atoms with Crippen molar-refractivity contribution in [1.82, 2.24) is 5.32 Å². The average molecular weight is 483 g/mol. The van der Waals surface area contributed by atoms with Gasteiger partial charge in [-0.1, -0.05) is 70.5 Å². The third-order valence-corrected chi connectivity index (χ3v) is 6.04. The molecule has 0 unspecified atom stereocenters. The summed E-state index contributed by atoms with van der Waals surface area (Å²) in [5.41, 5.74) is 3.15. The summed E-state index contributed by atoms with van der Waals surface area (Å²) in [6.45, 7) is 1.94. The molecule has 2 amide bonds. The van der Waals surface area contributed by atoms with Crippen molar-refractivity contribution in [2.24, 2.45) is 0 Å². The van der Waals surface area contributed by atoms with E-state index in [0.717, 1.165) is 21.4 Å². The minimum Gasteiger partial charge on any atom is -0.345 e. The molecule has 0 fully saturated rings. The summed E-state index contributed by atoms with van der Waals surface area (Å²) in [5, 5.41) is 5.87. The van der Waals surface area contributed by atoms with E-state index in [1.165, 1.54) is 11.8 Å². The number of carbonyl (C=O) groups excluding carboxylic acids is 2. The summed E-state index contributed by atoms with van der Waals surface area (Å²) in [7, 11) is 0. The van der Waals surface area contributed by atoms with Crippen LogP contribution in [0.5, 0.6) is 0 Å². The molecule has 3 aromatic rings. The summed E-state index contributed by atoms with van der Waals surface area (Å²) in [4.78, 5) is 25.2. The molecule has 3 rings (SSSR count). The Kier molecular flexibility index (Phi) is 8.11. The van der Waals surface area contributed by atoms with Crippen LogP contribution < -0.4 is 10.6 Å². The fourth-order valence-electron chi connectivity index (χ4n) is 2.92. The van der Waals surface area contributed by atoms with Gasteiger partial charge >= 0.3 is 0 Å². The van der Waals surface area contributed by atoms with Crippen LogP contribution in [0.25, 0.3) is 0 Å². The second kappa shape index (κ2) is 11.0. The van der Waals surface area contributed by atoms with Gasteiger partial charge in [0.2, 0.25) is 5.91 Å². The zero-order chi connectivity index (χ0) is 21.3. The number of hydrogen-bond donors (Lipinski definition) is 2. The van der Waals surface area contributed by atoms with Gasteiger partial charge in [-0.05, 0) is 42.3 Å². The van der Waals surface area contributed by atoms with Gasteiger partial charge < -0.3 is 10.6 Å². The van der Waals surface area contributed by atoms with Crippen LogP contribution in [-0.4, -0.2) is 17.6 Å². The first-order chi connectivity index (χ1) is 14.5. The SMILES string of the molecule is C[C@H](NC(=O)c1ccccc1NC(=O)CSCc1ccc(Br)cc1)c1ccccc1. The lowest BCUT2D eigenvalue weighted by molar-refractivity contribution is -0.113. The fourth-order valence-corrected chi connectivity index (χ4v) is 3.97. The number of benzene rings is 3. The second-order valence-corrected chi connectivity index (χ2v) is 8.72. The first-order valence-electron chi connectivity index (χ1n) is 9.60. The highest BCUT2D eigenvalue weighted by molar-refractivity contribution is 9.10. The average Bonchev–Trinajstić information content (AvgIpc) is 2.76. The number of hydrogen-bond acceptors (Lipinski definition) is 3. The van der Waals surface area contributed by atoms with Crippen LogP contribution >= 0.6 is 27.7 Å². The lowest BCUT2D eigenvalue weighted by Crippen LogP contribution is -2.28. The minimum atomic E-state index is -0.218. The maximum Gasteiger partial charge on any atom is 0.253 e. The molecule has 154 valence electrons. The van der Waals surface area contributed by atoms with E-state index in [-0.39, 0.29) is 17.9 Å². The van der Waals surface area contributed by atoms with E-state index >= 15 is 0 Å². The third kappa shape index (κ3) is 6.47. The van der Waals surface area contributed by atoms with E-state index < -0.39 is 0 Å². The van der Waals surface area contributed by atoms with Crippen molar-refractivity contribution in [3.05, 3.63) is 100 Å². The van der Waals surface area contributed by atoms with Crippen LogP contribution in [0.1, 0.15) is 34.5 Å². The van der Waals surface area contributed by atoms with Crippen molar-refractivity contribution in [3.63, 3.8) is 0 Å². The molecule has 1 atom stereocenters. The van der Waals surface area contributed by atoms with Gasteiger partial charge in [0.1, 0.15) is 0 Å². The lowest BCUT2D eigenvalue weighted by atomic mass is 10.1. The Labute approximate surface area is 189 Å². The van der Waals surface area contributed by atoms with E-state index in [1.807, 2.05) is 67.6 Å². The summed E-state index contributed by atoms with van der Waals surface area (Å²) < 4.78 is 1.03. The van der Waals surface area contributed by atoms with Gasteiger partial charge in [-0.25, -0.2) is 0 Å². The predicted octanol–water partition coefficient (Wildman–Crippen LogP) is 5.81. The highest BCUT2D eigenvalue weighted by atomic mass is 79.9. The van der Waals surface area contributed by atoms with Crippen molar-refractivity contribution < 1.29 is 9.59 Å². The van der Waals surface area contributed by atoms with Gasteiger partial charge in [-0.3, -0.25) is 9.59 Å². The Hall–Kier alpha value is -2.57. The molecule has 0 aromatic heterocycles. The fraction of sp³-hybridized carbons (Fsp3) is 0.167. The van der Waals surface area contributed by atoms with Crippen molar-refractivity contribution in [1.29, 1.82) is 0 Å². The Bertz CT molecular complexity index is 994. The van der Waals surface area contributed by atoms with E-state index in [0.29, 0.717) is 17.0 Å². The number of amides is 2. The summed E-state index contributed by atoms with van der Waals surface area (Å²) in [6, 6.07) is 24.7. The molecule has 0 spiro atoms. The van der Waals surface area contributed by atoms with E-state index in [1.54, 1.807) is 18.2 Å². The van der Waals surface area contributed by atoms with Gasteiger partial charge in [-0.15, -0.1) is 11.8 Å². The smallest absolute Gasteiger partial charge is 0.253 e. The number of thioether (sulfide) groups is 1. The molecule has 0 saturated heterocycles. The number of anilines is 1. The molecule has 4 nitrogen and oxygen atoms in total. The zero-order valence-corrected chi connectivity index (χ0v) is 19.0. The number of halogens is 1. The maximum atomic E-state index is 12.8. The van der Waals surface area contributed by atoms with Crippen molar-refractivity contribution in [2.75, 3.05) is 11.1 Å². The van der Waals surface area contributed by atoms with Crippen LogP contribution in [0.15, 0.2) is 83.3 Å². The van der Waals surface area contributed by atoms with Gasteiger partial charge in [0, 0.05) is 10.2 Å². The van der Waals surface area contributed by atoms with Crippen LogP contribution in [0.3, 0.4) is 0 Å². The lowest BCUT2D eigenvalue weighted by Gasteiger charge is -2.16. The van der Waals surface area contributed by atoms with E-state index in [4.69, 9.17) is 0 Å². The topological polar surface area (TPSA) is 58.2 Å². The van der Waals surface area contributed by atoms with Gasteiger partial charge in [-0.2, -0.15) is 0 Å². The largest absolute Gasteiger partial charge is 0.345 e. The molecule has 2 N–H and O–H groups in total. The van der Waals surface area contributed by atoms with E-state index in [9.17, 15) is 9.59 Å². The second-order valence-electron chi connectivity index (χ2n) is 6.82. The first kappa shape index (κ1) is 22.1. The van der Waals surface area contributed by atoms with Crippen LogP contribution in [0.2, 0.25) is 0 Å². The van der Waals surface area contributed by atoms with Crippen LogP contribution in [0.4, 0.5) is 5.69 Å². The van der Waals surface area contributed by atoms with Gasteiger partial charge in [0.15, 0.2) is 0 Å². The Morgan fingerprint density at radius 2 is 1.60 bits per heavy atom. The molecule has 0 bridgehead atoms. The molecule has 0 saturated carbocycles. The molecule has 0 heterocycles. The molecule has 0 aliphatic rings. The molecule has 0 radical (unpaired) electrons. The molecule has 6 heteroatoms. The van der Waals surface area contributed by atoms with Crippen LogP contribution in [-0.2, 0) is 10.5 Å². The Balaban J connectivity index is 1.56. The highest BCUT2D eigenvalue weighted by Crippen LogP contribution is 2.20. The predicted molar refractivity (Wildman–Crippen MR) is 128 cm³/mol. The summed E-state index contributed by atoms with van der Waals surface area (Å²) in [6.07, 6.45) is 0. The Morgan fingerprint density at radius 3 is 2.33 bits per heavy atom. The number of carbonyl (C=O) groups is 2. The molecule has 0 aliphatic carbocycles. The van der Waals surface area contributed by atoms with Crippen LogP contribution in [0, 0.1) is 0 Å². The quantitative estimate of drug-likeness (QED) is 0.425. The number of para-hydroxylation sites is 1. The standard InChI is InChI=1S/C24H23BrN2O2S/c1-17(19-7-3-2-4-8-19)26-24(29)21-9-5-6-10-22(21)27-23(28)16-30-15-18-11-13-20(25)14-12-18/h2-14,17H,15-16H2,1H3,(H,26,29)(H,27,28)/t17-/m0/s1. The van der Waals surface area contributed by atoms with E-state index in [2.05, 4.69) is 26.6 Å². The van der Waals surface area contributed by atoms with Gasteiger partial charge in [0.05, 0.1) is 23.0 Å². The minimum absolute atomic E-state index is 0.131. The zero-order valence-electron chi connectivity index (χ0n) is 16.6. The summed E-state index contributed by atoms with van der Waals surface area (Å²) >= 11 is 4.95. The third-order valence-electron chi connectivity index (χ3n) is 4.51. The maximum absolute atomic E-state index is 12.8. The molecule has 0 aliphatic heterocycles. The van der Waals surface area contributed by atoms with Crippen molar-refractivity contribution in [2.45, 2.75) is 18.7 Å². The van der Waals surface area contributed by atoms with Crippen molar-refractivity contribution >= 4 is 45.2 Å². The Morgan fingerprint density at radius 1 is 0.933 bits per heavy atom. The first-order valence-corrected chi connectivity index (χ1v) is 11.5. The number of nitrogens with one attached hydrogen (secondary N) is 2.